The predicted molar refractivity (Wildman–Crippen MR) is 82.6 cm³/mol. The topological polar surface area (TPSA) is 41.6 Å². The number of likely N-dealkylation sites (tertiary alicyclic amines) is 1. The SMILES string of the molecule is CCN1C[C@H]2CNC[C@@H](C1)C2OC(=O)c1ccc(Cl)cc1. The fourth-order valence-corrected chi connectivity index (χ4v) is 3.50. The van der Waals surface area contributed by atoms with E-state index in [1.165, 1.54) is 0 Å². The van der Waals surface area contributed by atoms with Gasteiger partial charge in [0.25, 0.3) is 0 Å². The van der Waals surface area contributed by atoms with Crippen molar-refractivity contribution in [3.05, 3.63) is 34.9 Å². The third-order valence-corrected chi connectivity index (χ3v) is 4.75. The zero-order valence-electron chi connectivity index (χ0n) is 12.2. The highest BCUT2D eigenvalue weighted by Gasteiger charge is 2.41. The standard InChI is InChI=1S/C16H21ClN2O2/c1-2-19-9-12-7-18-8-13(10-19)15(12)21-16(20)11-3-5-14(17)6-4-11/h3-6,12-13,15,18H,2,7-10H2,1H3/t12-,13+,15?. The van der Waals surface area contributed by atoms with Gasteiger partial charge in [0.1, 0.15) is 6.10 Å². The maximum absolute atomic E-state index is 12.3. The van der Waals surface area contributed by atoms with Gasteiger partial charge in [-0.1, -0.05) is 18.5 Å². The lowest BCUT2D eigenvalue weighted by Crippen LogP contribution is -2.60. The number of carbonyl (C=O) groups excluding carboxylic acids is 1. The summed E-state index contributed by atoms with van der Waals surface area (Å²) in [4.78, 5) is 14.8. The molecule has 0 radical (unpaired) electrons. The van der Waals surface area contributed by atoms with Gasteiger partial charge in [-0.2, -0.15) is 0 Å². The van der Waals surface area contributed by atoms with Crippen LogP contribution in [0.15, 0.2) is 24.3 Å². The highest BCUT2D eigenvalue weighted by atomic mass is 35.5. The summed E-state index contributed by atoms with van der Waals surface area (Å²) in [7, 11) is 0. The molecule has 0 aliphatic carbocycles. The maximum atomic E-state index is 12.3. The van der Waals surface area contributed by atoms with Gasteiger partial charge in [0.05, 0.1) is 5.56 Å². The smallest absolute Gasteiger partial charge is 0.338 e. The summed E-state index contributed by atoms with van der Waals surface area (Å²) in [5, 5.41) is 4.08. The van der Waals surface area contributed by atoms with Crippen LogP contribution in [0, 0.1) is 11.8 Å². The second-order valence-corrected chi connectivity index (χ2v) is 6.34. The maximum Gasteiger partial charge on any atom is 0.338 e. The van der Waals surface area contributed by atoms with Crippen molar-refractivity contribution in [2.45, 2.75) is 13.0 Å². The van der Waals surface area contributed by atoms with Crippen molar-refractivity contribution in [3.8, 4) is 0 Å². The number of hydrogen-bond acceptors (Lipinski definition) is 4. The highest BCUT2D eigenvalue weighted by Crippen LogP contribution is 2.28. The van der Waals surface area contributed by atoms with E-state index in [0.29, 0.717) is 22.4 Å². The molecule has 2 heterocycles. The van der Waals surface area contributed by atoms with Crippen molar-refractivity contribution in [1.82, 2.24) is 10.2 Å². The van der Waals surface area contributed by atoms with E-state index in [4.69, 9.17) is 16.3 Å². The number of esters is 1. The van der Waals surface area contributed by atoms with Gasteiger partial charge in [0.15, 0.2) is 0 Å². The monoisotopic (exact) mass is 308 g/mol. The molecule has 1 aromatic rings. The third-order valence-electron chi connectivity index (χ3n) is 4.50. The largest absolute Gasteiger partial charge is 0.458 e. The van der Waals surface area contributed by atoms with Gasteiger partial charge in [-0.25, -0.2) is 4.79 Å². The molecule has 2 aliphatic rings. The van der Waals surface area contributed by atoms with E-state index in [9.17, 15) is 4.79 Å². The van der Waals surface area contributed by atoms with Gasteiger partial charge in [-0.05, 0) is 30.8 Å². The summed E-state index contributed by atoms with van der Waals surface area (Å²) < 4.78 is 5.83. The van der Waals surface area contributed by atoms with Crippen LogP contribution in [-0.2, 0) is 4.74 Å². The first-order valence-electron chi connectivity index (χ1n) is 7.57. The minimum atomic E-state index is -0.237. The van der Waals surface area contributed by atoms with Gasteiger partial charge in [0, 0.05) is 43.0 Å². The first kappa shape index (κ1) is 14.8. The van der Waals surface area contributed by atoms with E-state index in [-0.39, 0.29) is 12.1 Å². The number of benzene rings is 1. The third kappa shape index (κ3) is 3.23. The van der Waals surface area contributed by atoms with Crippen LogP contribution in [0.2, 0.25) is 5.02 Å². The minimum absolute atomic E-state index is 0.0252. The average Bonchev–Trinajstić information content (AvgIpc) is 2.47. The Hall–Kier alpha value is -1.10. The molecule has 3 atom stereocenters. The second kappa shape index (κ2) is 6.34. The molecular formula is C16H21ClN2O2. The summed E-state index contributed by atoms with van der Waals surface area (Å²) in [6.45, 7) is 7.09. The molecule has 0 amide bonds. The number of ether oxygens (including phenoxy) is 1. The Kier molecular flexibility index (Phi) is 4.48. The molecule has 1 unspecified atom stereocenters. The van der Waals surface area contributed by atoms with Crippen molar-refractivity contribution in [2.24, 2.45) is 11.8 Å². The van der Waals surface area contributed by atoms with E-state index in [2.05, 4.69) is 17.1 Å². The molecule has 2 saturated heterocycles. The lowest BCUT2D eigenvalue weighted by atomic mass is 9.82. The molecular weight excluding hydrogens is 288 g/mol. The Morgan fingerprint density at radius 3 is 2.48 bits per heavy atom. The van der Waals surface area contributed by atoms with Gasteiger partial charge < -0.3 is 15.0 Å². The lowest BCUT2D eigenvalue weighted by molar-refractivity contribution is -0.0581. The second-order valence-electron chi connectivity index (χ2n) is 5.91. The molecule has 114 valence electrons. The highest BCUT2D eigenvalue weighted by molar-refractivity contribution is 6.30. The normalized spacial score (nSPS) is 29.1. The van der Waals surface area contributed by atoms with Crippen molar-refractivity contribution in [1.29, 1.82) is 0 Å². The molecule has 2 aliphatic heterocycles. The Morgan fingerprint density at radius 2 is 1.90 bits per heavy atom. The van der Waals surface area contributed by atoms with Crippen LogP contribution in [0.5, 0.6) is 0 Å². The zero-order chi connectivity index (χ0) is 14.8. The van der Waals surface area contributed by atoms with Gasteiger partial charge in [-0.3, -0.25) is 0 Å². The predicted octanol–water partition coefficient (Wildman–Crippen LogP) is 2.04. The molecule has 21 heavy (non-hydrogen) atoms. The van der Waals surface area contributed by atoms with Crippen molar-refractivity contribution in [3.63, 3.8) is 0 Å². The summed E-state index contributed by atoms with van der Waals surface area (Å²) >= 11 is 5.85. The minimum Gasteiger partial charge on any atom is -0.458 e. The zero-order valence-corrected chi connectivity index (χ0v) is 13.0. The number of nitrogens with zero attached hydrogens (tertiary/aromatic N) is 1. The first-order chi connectivity index (χ1) is 10.2. The van der Waals surface area contributed by atoms with Crippen LogP contribution in [0.25, 0.3) is 0 Å². The Morgan fingerprint density at radius 1 is 1.29 bits per heavy atom. The van der Waals surface area contributed by atoms with Crippen molar-refractivity contribution >= 4 is 17.6 Å². The van der Waals surface area contributed by atoms with Crippen LogP contribution in [0.3, 0.4) is 0 Å². The molecule has 0 spiro atoms. The van der Waals surface area contributed by atoms with Gasteiger partial charge in [-0.15, -0.1) is 0 Å². The number of nitrogens with one attached hydrogen (secondary N) is 1. The first-order valence-corrected chi connectivity index (χ1v) is 7.94. The molecule has 2 fully saturated rings. The molecule has 4 nitrogen and oxygen atoms in total. The quantitative estimate of drug-likeness (QED) is 0.868. The summed E-state index contributed by atoms with van der Waals surface area (Å²) in [6, 6.07) is 6.89. The number of piperidine rings is 2. The van der Waals surface area contributed by atoms with E-state index in [1.807, 2.05) is 0 Å². The number of fused-ring (bicyclic) bond motifs is 2. The van der Waals surface area contributed by atoms with Crippen LogP contribution in [0.1, 0.15) is 17.3 Å². The Labute approximate surface area is 130 Å². The number of carbonyl (C=O) groups is 1. The van der Waals surface area contributed by atoms with Crippen LogP contribution in [-0.4, -0.2) is 49.7 Å². The lowest BCUT2D eigenvalue weighted by Gasteiger charge is -2.46. The van der Waals surface area contributed by atoms with E-state index < -0.39 is 0 Å². The van der Waals surface area contributed by atoms with E-state index >= 15 is 0 Å². The fourth-order valence-electron chi connectivity index (χ4n) is 3.37. The van der Waals surface area contributed by atoms with Crippen LogP contribution >= 0.6 is 11.6 Å². The van der Waals surface area contributed by atoms with Gasteiger partial charge >= 0.3 is 5.97 Å². The molecule has 0 aromatic heterocycles. The summed E-state index contributed by atoms with van der Waals surface area (Å²) in [6.07, 6.45) is 0.0252. The van der Waals surface area contributed by atoms with Crippen LogP contribution in [0.4, 0.5) is 0 Å². The summed E-state index contributed by atoms with van der Waals surface area (Å²) in [5.41, 5.74) is 0.573. The molecule has 1 aromatic carbocycles. The van der Waals surface area contributed by atoms with Crippen LogP contribution < -0.4 is 5.32 Å². The molecule has 1 N–H and O–H groups in total. The molecule has 5 heteroatoms. The molecule has 2 bridgehead atoms. The number of rotatable bonds is 3. The van der Waals surface area contributed by atoms with Gasteiger partial charge in [0.2, 0.25) is 0 Å². The fraction of sp³-hybridized carbons (Fsp3) is 0.562. The Balaban J connectivity index is 1.69. The van der Waals surface area contributed by atoms with E-state index in [0.717, 1.165) is 32.7 Å². The average molecular weight is 309 g/mol. The van der Waals surface area contributed by atoms with E-state index in [1.54, 1.807) is 24.3 Å². The number of halogens is 1. The Bertz CT molecular complexity index is 492. The summed E-state index contributed by atoms with van der Waals surface area (Å²) in [5.74, 6) is 0.529. The molecule has 0 saturated carbocycles. The number of hydrogen-bond donors (Lipinski definition) is 1. The van der Waals surface area contributed by atoms with Crippen molar-refractivity contribution < 1.29 is 9.53 Å². The molecule has 3 rings (SSSR count). The van der Waals surface area contributed by atoms with Crippen molar-refractivity contribution in [2.75, 3.05) is 32.7 Å².